The minimum absolute atomic E-state index is 0.295. The minimum atomic E-state index is -0.731. The van der Waals surface area contributed by atoms with Gasteiger partial charge < -0.3 is 20.1 Å². The van der Waals surface area contributed by atoms with E-state index in [1.54, 1.807) is 24.5 Å². The van der Waals surface area contributed by atoms with E-state index in [-0.39, 0.29) is 0 Å². The zero-order valence-corrected chi connectivity index (χ0v) is 17.2. The van der Waals surface area contributed by atoms with Crippen molar-refractivity contribution in [1.29, 1.82) is 0 Å². The molecule has 3 aromatic rings. The zero-order valence-electron chi connectivity index (χ0n) is 17.2. The number of nitrogens with one attached hydrogen (secondary N) is 2. The second-order valence-electron chi connectivity index (χ2n) is 6.85. The number of nitrogens with zero attached hydrogens (tertiary/aromatic N) is 2. The topological polar surface area (TPSA) is 83.1 Å². The lowest BCUT2D eigenvalue weighted by atomic mass is 10.0. The number of aromatic nitrogens is 3. The van der Waals surface area contributed by atoms with Crippen molar-refractivity contribution < 1.29 is 9.84 Å². The van der Waals surface area contributed by atoms with Gasteiger partial charge in [0.05, 0.1) is 11.4 Å². The monoisotopic (exact) mass is 402 g/mol. The van der Waals surface area contributed by atoms with Gasteiger partial charge in [0.15, 0.2) is 0 Å². The van der Waals surface area contributed by atoms with Gasteiger partial charge in [-0.25, -0.2) is 9.97 Å². The number of pyridine rings is 1. The van der Waals surface area contributed by atoms with Crippen LogP contribution in [-0.2, 0) is 6.61 Å². The largest absolute Gasteiger partial charge is 0.486 e. The normalized spacial score (nSPS) is 12.3. The third kappa shape index (κ3) is 5.04. The molecule has 1 atom stereocenters. The molecule has 3 N–H and O–H groups in total. The van der Waals surface area contributed by atoms with Gasteiger partial charge in [-0.15, -0.1) is 0 Å². The van der Waals surface area contributed by atoms with Gasteiger partial charge in [-0.05, 0) is 60.9 Å². The van der Waals surface area contributed by atoms with E-state index in [2.05, 4.69) is 33.4 Å². The van der Waals surface area contributed by atoms with Gasteiger partial charge >= 0.3 is 0 Å². The molecule has 0 amide bonds. The Morgan fingerprint density at radius 3 is 2.63 bits per heavy atom. The summed E-state index contributed by atoms with van der Waals surface area (Å²) in [5, 5.41) is 13.8. The first-order chi connectivity index (χ1) is 14.5. The summed E-state index contributed by atoms with van der Waals surface area (Å²) in [5.74, 6) is 2.15. The highest BCUT2D eigenvalue weighted by Crippen LogP contribution is 2.24. The van der Waals surface area contributed by atoms with Crippen LogP contribution < -0.4 is 10.1 Å². The SMILES string of the molecule is C=Cc1nc(COc2ccc(C(O)/C(C)=C/Nc3ncccc3C)cc2)[nH]c1C=C. The van der Waals surface area contributed by atoms with Crippen LogP contribution in [0.15, 0.2) is 67.5 Å². The van der Waals surface area contributed by atoms with Crippen LogP contribution in [0.25, 0.3) is 12.2 Å². The predicted molar refractivity (Wildman–Crippen MR) is 121 cm³/mol. The molecule has 1 aromatic carbocycles. The van der Waals surface area contributed by atoms with Crippen molar-refractivity contribution in [3.63, 3.8) is 0 Å². The highest BCUT2D eigenvalue weighted by Gasteiger charge is 2.11. The Hall–Kier alpha value is -3.64. The molecule has 0 aliphatic rings. The average Bonchev–Trinajstić information content (AvgIpc) is 3.19. The van der Waals surface area contributed by atoms with Gasteiger partial charge in [-0.3, -0.25) is 0 Å². The maximum absolute atomic E-state index is 10.6. The van der Waals surface area contributed by atoms with Crippen molar-refractivity contribution in [2.24, 2.45) is 0 Å². The summed E-state index contributed by atoms with van der Waals surface area (Å²) >= 11 is 0. The molecule has 0 spiro atoms. The Morgan fingerprint density at radius 2 is 2.00 bits per heavy atom. The van der Waals surface area contributed by atoms with Crippen LogP contribution in [0.5, 0.6) is 5.75 Å². The van der Waals surface area contributed by atoms with Crippen LogP contribution in [0.2, 0.25) is 0 Å². The number of hydrogen-bond donors (Lipinski definition) is 3. The lowest BCUT2D eigenvalue weighted by Gasteiger charge is -2.13. The van der Waals surface area contributed by atoms with Gasteiger partial charge in [0, 0.05) is 12.4 Å². The lowest BCUT2D eigenvalue weighted by Crippen LogP contribution is -2.03. The van der Waals surface area contributed by atoms with Crippen LogP contribution >= 0.6 is 0 Å². The number of aliphatic hydroxyl groups is 1. The summed E-state index contributed by atoms with van der Waals surface area (Å²) < 4.78 is 5.78. The Labute approximate surface area is 176 Å². The molecule has 0 saturated heterocycles. The predicted octanol–water partition coefficient (Wildman–Crippen LogP) is 5.03. The van der Waals surface area contributed by atoms with E-state index < -0.39 is 6.10 Å². The maximum Gasteiger partial charge on any atom is 0.146 e. The molecule has 0 saturated carbocycles. The fraction of sp³-hybridized carbons (Fsp3) is 0.167. The number of H-pyrrole nitrogens is 1. The number of anilines is 1. The number of aryl methyl sites for hydroxylation is 1. The van der Waals surface area contributed by atoms with E-state index in [9.17, 15) is 5.11 Å². The summed E-state index contributed by atoms with van der Waals surface area (Å²) in [7, 11) is 0. The van der Waals surface area contributed by atoms with E-state index in [1.165, 1.54) is 0 Å². The van der Waals surface area contributed by atoms with Crippen molar-refractivity contribution in [2.45, 2.75) is 26.6 Å². The lowest BCUT2D eigenvalue weighted by molar-refractivity contribution is 0.215. The third-order valence-corrected chi connectivity index (χ3v) is 4.66. The molecule has 0 bridgehead atoms. The summed E-state index contributed by atoms with van der Waals surface area (Å²) in [5.41, 5.74) is 4.15. The third-order valence-electron chi connectivity index (χ3n) is 4.66. The average molecular weight is 402 g/mol. The van der Waals surface area contributed by atoms with Crippen LogP contribution in [0, 0.1) is 6.92 Å². The number of aliphatic hydroxyl groups excluding tert-OH is 1. The molecule has 30 heavy (non-hydrogen) atoms. The molecule has 0 aliphatic carbocycles. The summed E-state index contributed by atoms with van der Waals surface area (Å²) in [4.78, 5) is 11.8. The Bertz CT molecular complexity index is 1030. The molecule has 2 aromatic heterocycles. The van der Waals surface area contributed by atoms with Crippen molar-refractivity contribution in [2.75, 3.05) is 5.32 Å². The van der Waals surface area contributed by atoms with Crippen molar-refractivity contribution >= 4 is 18.0 Å². The van der Waals surface area contributed by atoms with E-state index in [4.69, 9.17) is 4.74 Å². The van der Waals surface area contributed by atoms with Crippen molar-refractivity contribution in [3.8, 4) is 5.75 Å². The molecule has 6 heteroatoms. The standard InChI is InChI=1S/C24H26N4O2/c1-5-20-21(6-2)28-22(27-20)15-30-19-11-9-18(10-12-19)23(29)17(4)14-26-24-16(3)8-7-13-25-24/h5-14,23,29H,1-2,15H2,3-4H3,(H,25,26)(H,27,28)/b17-14+. The van der Waals surface area contributed by atoms with Crippen molar-refractivity contribution in [3.05, 3.63) is 95.9 Å². The number of aromatic amines is 1. The molecule has 6 nitrogen and oxygen atoms in total. The highest BCUT2D eigenvalue weighted by molar-refractivity contribution is 5.57. The zero-order chi connectivity index (χ0) is 21.5. The van der Waals surface area contributed by atoms with Gasteiger partial charge in [-0.2, -0.15) is 0 Å². The molecule has 2 heterocycles. The smallest absolute Gasteiger partial charge is 0.146 e. The number of imidazole rings is 1. The summed E-state index contributed by atoms with van der Waals surface area (Å²) in [6, 6.07) is 11.2. The van der Waals surface area contributed by atoms with E-state index >= 15 is 0 Å². The van der Waals surface area contributed by atoms with Gasteiger partial charge in [0.25, 0.3) is 0 Å². The maximum atomic E-state index is 10.6. The summed E-state index contributed by atoms with van der Waals surface area (Å²) in [6.07, 6.45) is 6.14. The van der Waals surface area contributed by atoms with Crippen LogP contribution in [0.1, 0.15) is 41.4 Å². The quantitative estimate of drug-likeness (QED) is 0.468. The Kier molecular flexibility index (Phi) is 6.83. The fourth-order valence-electron chi connectivity index (χ4n) is 2.89. The summed E-state index contributed by atoms with van der Waals surface area (Å²) in [6.45, 7) is 11.6. The highest BCUT2D eigenvalue weighted by atomic mass is 16.5. The van der Waals surface area contributed by atoms with Gasteiger partial charge in [-0.1, -0.05) is 31.4 Å². The van der Waals surface area contributed by atoms with E-state index in [1.807, 2.05) is 50.2 Å². The van der Waals surface area contributed by atoms with Gasteiger partial charge in [0.1, 0.15) is 30.1 Å². The molecule has 1 unspecified atom stereocenters. The van der Waals surface area contributed by atoms with Crippen LogP contribution in [-0.4, -0.2) is 20.1 Å². The van der Waals surface area contributed by atoms with Crippen LogP contribution in [0.3, 0.4) is 0 Å². The molecule has 154 valence electrons. The Balaban J connectivity index is 1.61. The molecule has 3 rings (SSSR count). The number of rotatable bonds is 9. The second-order valence-corrected chi connectivity index (χ2v) is 6.85. The van der Waals surface area contributed by atoms with E-state index in [0.29, 0.717) is 18.2 Å². The Morgan fingerprint density at radius 1 is 1.23 bits per heavy atom. The van der Waals surface area contributed by atoms with Crippen molar-refractivity contribution in [1.82, 2.24) is 15.0 Å². The minimum Gasteiger partial charge on any atom is -0.486 e. The first-order valence-corrected chi connectivity index (χ1v) is 9.61. The fourth-order valence-corrected chi connectivity index (χ4v) is 2.89. The first-order valence-electron chi connectivity index (χ1n) is 9.61. The molecule has 0 radical (unpaired) electrons. The number of hydrogen-bond acceptors (Lipinski definition) is 5. The van der Waals surface area contributed by atoms with E-state index in [0.717, 1.165) is 33.9 Å². The van der Waals surface area contributed by atoms with Crippen LogP contribution in [0.4, 0.5) is 5.82 Å². The number of ether oxygens (including phenoxy) is 1. The molecule has 0 aliphatic heterocycles. The first kappa shape index (κ1) is 21.1. The molecular formula is C24H26N4O2. The molecule has 0 fully saturated rings. The molecular weight excluding hydrogens is 376 g/mol. The van der Waals surface area contributed by atoms with Gasteiger partial charge in [0.2, 0.25) is 0 Å². The number of benzene rings is 1. The second kappa shape index (κ2) is 9.71.